The molecule has 1 heterocycles. The van der Waals surface area contributed by atoms with Crippen LogP contribution in [-0.2, 0) is 4.79 Å². The minimum atomic E-state index is -0.771. The molecule has 0 bridgehead atoms. The van der Waals surface area contributed by atoms with Crippen LogP contribution in [0.4, 0.5) is 0 Å². The van der Waals surface area contributed by atoms with Gasteiger partial charge in [-0.3, -0.25) is 20.4 Å². The summed E-state index contributed by atoms with van der Waals surface area (Å²) in [6.07, 6.45) is 2.25. The van der Waals surface area contributed by atoms with Gasteiger partial charge in [-0.15, -0.1) is 0 Å². The zero-order chi connectivity index (χ0) is 20.1. The Morgan fingerprint density at radius 1 is 1.04 bits per heavy atom. The number of aromatic nitrogens is 2. The fourth-order valence-electron chi connectivity index (χ4n) is 2.55. The van der Waals surface area contributed by atoms with Crippen LogP contribution in [0, 0.1) is 13.8 Å². The van der Waals surface area contributed by atoms with E-state index >= 15 is 0 Å². The van der Waals surface area contributed by atoms with Gasteiger partial charge in [-0.05, 0) is 50.1 Å². The highest BCUT2D eigenvalue weighted by Crippen LogP contribution is 2.21. The van der Waals surface area contributed by atoms with E-state index in [2.05, 4.69) is 16.0 Å². The second kappa shape index (κ2) is 8.39. The van der Waals surface area contributed by atoms with Crippen LogP contribution < -0.4 is 15.6 Å². The second-order valence-corrected chi connectivity index (χ2v) is 6.41. The summed E-state index contributed by atoms with van der Waals surface area (Å²) in [6, 6.07) is 15.1. The fraction of sp³-hybridized carbons (Fsp3) is 0.190. The SMILES string of the molecule is Cc1cccc(OC(C)C(=O)NNC(=O)c2cnn(-c3ccccc3)c2)c1C. The summed E-state index contributed by atoms with van der Waals surface area (Å²) in [4.78, 5) is 24.5. The Kier molecular flexibility index (Phi) is 5.74. The molecular weight excluding hydrogens is 356 g/mol. The number of rotatable bonds is 5. The Hall–Kier alpha value is -3.61. The first-order chi connectivity index (χ1) is 13.5. The molecule has 7 heteroatoms. The molecule has 7 nitrogen and oxygen atoms in total. The maximum Gasteiger partial charge on any atom is 0.279 e. The number of nitrogens with zero attached hydrogens (tertiary/aromatic N) is 2. The Morgan fingerprint density at radius 3 is 2.54 bits per heavy atom. The average Bonchev–Trinajstić information content (AvgIpc) is 3.20. The third kappa shape index (κ3) is 4.37. The zero-order valence-electron chi connectivity index (χ0n) is 16.0. The molecule has 1 unspecified atom stereocenters. The summed E-state index contributed by atoms with van der Waals surface area (Å²) in [5.74, 6) is -0.280. The Labute approximate surface area is 163 Å². The largest absolute Gasteiger partial charge is 0.481 e. The average molecular weight is 378 g/mol. The highest BCUT2D eigenvalue weighted by Gasteiger charge is 2.17. The maximum atomic E-state index is 12.3. The van der Waals surface area contributed by atoms with Gasteiger partial charge in [0.2, 0.25) is 0 Å². The first-order valence-electron chi connectivity index (χ1n) is 8.89. The molecular formula is C21H22N4O3. The molecule has 28 heavy (non-hydrogen) atoms. The van der Waals surface area contributed by atoms with Crippen molar-refractivity contribution in [3.05, 3.63) is 77.6 Å². The van der Waals surface area contributed by atoms with Crippen molar-refractivity contribution in [1.82, 2.24) is 20.6 Å². The molecule has 0 spiro atoms. The van der Waals surface area contributed by atoms with Crippen molar-refractivity contribution >= 4 is 11.8 Å². The molecule has 0 saturated heterocycles. The molecule has 1 atom stereocenters. The van der Waals surface area contributed by atoms with Crippen molar-refractivity contribution in [2.24, 2.45) is 0 Å². The standard InChI is InChI=1S/C21H22N4O3/c1-14-8-7-11-19(15(14)2)28-16(3)20(26)23-24-21(27)17-12-22-25(13-17)18-9-5-4-6-10-18/h4-13,16H,1-3H3,(H,23,26)(H,24,27). The molecule has 3 aromatic rings. The van der Waals surface area contributed by atoms with Crippen molar-refractivity contribution in [2.45, 2.75) is 26.9 Å². The summed E-state index contributed by atoms with van der Waals surface area (Å²) in [7, 11) is 0. The number of para-hydroxylation sites is 1. The molecule has 0 saturated carbocycles. The summed E-state index contributed by atoms with van der Waals surface area (Å²) in [5.41, 5.74) is 7.98. The molecule has 3 rings (SSSR count). The predicted octanol–water partition coefficient (Wildman–Crippen LogP) is 2.72. The van der Waals surface area contributed by atoms with Gasteiger partial charge in [0.1, 0.15) is 5.75 Å². The topological polar surface area (TPSA) is 85.2 Å². The molecule has 0 fully saturated rings. The van der Waals surface area contributed by atoms with E-state index in [9.17, 15) is 9.59 Å². The van der Waals surface area contributed by atoms with Crippen molar-refractivity contribution in [1.29, 1.82) is 0 Å². The van der Waals surface area contributed by atoms with Crippen molar-refractivity contribution < 1.29 is 14.3 Å². The van der Waals surface area contributed by atoms with Crippen molar-refractivity contribution in [3.63, 3.8) is 0 Å². The Balaban J connectivity index is 1.56. The van der Waals surface area contributed by atoms with Crippen LogP contribution in [0.15, 0.2) is 60.9 Å². The monoisotopic (exact) mass is 378 g/mol. The van der Waals surface area contributed by atoms with E-state index in [4.69, 9.17) is 4.74 Å². The van der Waals surface area contributed by atoms with Gasteiger partial charge < -0.3 is 4.74 Å². The molecule has 0 aliphatic rings. The number of ether oxygens (including phenoxy) is 1. The molecule has 2 amide bonds. The quantitative estimate of drug-likeness (QED) is 0.669. The van der Waals surface area contributed by atoms with E-state index in [0.717, 1.165) is 16.8 Å². The van der Waals surface area contributed by atoms with Crippen LogP contribution >= 0.6 is 0 Å². The lowest BCUT2D eigenvalue weighted by atomic mass is 10.1. The van der Waals surface area contributed by atoms with Gasteiger partial charge in [0.05, 0.1) is 17.4 Å². The van der Waals surface area contributed by atoms with E-state index in [1.54, 1.807) is 17.8 Å². The number of carbonyl (C=O) groups excluding carboxylic acids is 2. The molecule has 0 radical (unpaired) electrons. The van der Waals surface area contributed by atoms with Gasteiger partial charge in [-0.25, -0.2) is 4.68 Å². The number of benzene rings is 2. The van der Waals surface area contributed by atoms with Crippen LogP contribution in [0.1, 0.15) is 28.4 Å². The molecule has 144 valence electrons. The van der Waals surface area contributed by atoms with Crippen LogP contribution in [0.3, 0.4) is 0 Å². The fourth-order valence-corrected chi connectivity index (χ4v) is 2.55. The van der Waals surface area contributed by atoms with Crippen molar-refractivity contribution in [3.8, 4) is 11.4 Å². The van der Waals surface area contributed by atoms with Crippen LogP contribution in [0.5, 0.6) is 5.75 Å². The number of hydrogen-bond acceptors (Lipinski definition) is 4. The van der Waals surface area contributed by atoms with Crippen LogP contribution in [-0.4, -0.2) is 27.7 Å². The first kappa shape index (κ1) is 19.2. The predicted molar refractivity (Wildman–Crippen MR) is 105 cm³/mol. The van der Waals surface area contributed by atoms with E-state index in [0.29, 0.717) is 11.3 Å². The lowest BCUT2D eigenvalue weighted by Crippen LogP contribution is -2.47. The van der Waals surface area contributed by atoms with E-state index < -0.39 is 17.9 Å². The van der Waals surface area contributed by atoms with Gasteiger partial charge in [0.15, 0.2) is 6.10 Å². The molecule has 0 aliphatic heterocycles. The van der Waals surface area contributed by atoms with E-state index in [1.165, 1.54) is 6.20 Å². The maximum absolute atomic E-state index is 12.3. The number of aryl methyl sites for hydroxylation is 1. The number of carbonyl (C=O) groups is 2. The highest BCUT2D eigenvalue weighted by molar-refractivity contribution is 5.95. The summed E-state index contributed by atoms with van der Waals surface area (Å²) >= 11 is 0. The van der Waals surface area contributed by atoms with Gasteiger partial charge >= 0.3 is 0 Å². The number of hydrogen-bond donors (Lipinski definition) is 2. The lowest BCUT2D eigenvalue weighted by Gasteiger charge is -2.17. The Bertz CT molecular complexity index is 982. The zero-order valence-corrected chi connectivity index (χ0v) is 16.0. The summed E-state index contributed by atoms with van der Waals surface area (Å²) < 4.78 is 7.29. The molecule has 2 N–H and O–H groups in total. The third-order valence-electron chi connectivity index (χ3n) is 4.39. The smallest absolute Gasteiger partial charge is 0.279 e. The van der Waals surface area contributed by atoms with Crippen molar-refractivity contribution in [2.75, 3.05) is 0 Å². The van der Waals surface area contributed by atoms with E-state index in [1.807, 2.05) is 62.4 Å². The lowest BCUT2D eigenvalue weighted by molar-refractivity contribution is -0.128. The first-order valence-corrected chi connectivity index (χ1v) is 8.89. The van der Waals surface area contributed by atoms with Crippen LogP contribution in [0.2, 0.25) is 0 Å². The third-order valence-corrected chi connectivity index (χ3v) is 4.39. The van der Waals surface area contributed by atoms with E-state index in [-0.39, 0.29) is 0 Å². The normalized spacial score (nSPS) is 11.5. The molecule has 0 aliphatic carbocycles. The highest BCUT2D eigenvalue weighted by atomic mass is 16.5. The molecule has 2 aromatic carbocycles. The number of hydrazine groups is 1. The minimum Gasteiger partial charge on any atom is -0.481 e. The van der Waals surface area contributed by atoms with Gasteiger partial charge in [-0.1, -0.05) is 30.3 Å². The summed E-state index contributed by atoms with van der Waals surface area (Å²) in [5, 5.41) is 4.16. The minimum absolute atomic E-state index is 0.326. The van der Waals surface area contributed by atoms with Gasteiger partial charge in [0.25, 0.3) is 11.8 Å². The van der Waals surface area contributed by atoms with Crippen LogP contribution in [0.25, 0.3) is 5.69 Å². The Morgan fingerprint density at radius 2 is 1.79 bits per heavy atom. The molecule has 1 aromatic heterocycles. The van der Waals surface area contributed by atoms with Gasteiger partial charge in [0, 0.05) is 6.20 Å². The number of nitrogens with one attached hydrogen (secondary N) is 2. The number of amides is 2. The summed E-state index contributed by atoms with van der Waals surface area (Å²) in [6.45, 7) is 5.53. The second-order valence-electron chi connectivity index (χ2n) is 6.41. The van der Waals surface area contributed by atoms with Gasteiger partial charge in [-0.2, -0.15) is 5.10 Å².